The fourth-order valence-corrected chi connectivity index (χ4v) is 4.67. The molecule has 0 aromatic rings. The summed E-state index contributed by atoms with van der Waals surface area (Å²) in [4.78, 5) is 0. The molecule has 4 atom stereocenters. The Balaban J connectivity index is 1.93. The van der Waals surface area contributed by atoms with E-state index in [9.17, 15) is 5.11 Å². The second-order valence-corrected chi connectivity index (χ2v) is 7.53. The van der Waals surface area contributed by atoms with E-state index in [0.717, 1.165) is 25.7 Å². The monoisotopic (exact) mass is 238 g/mol. The highest BCUT2D eigenvalue weighted by Crippen LogP contribution is 2.66. The van der Waals surface area contributed by atoms with Crippen LogP contribution in [0.2, 0.25) is 0 Å². The Labute approximate surface area is 105 Å². The second kappa shape index (κ2) is 3.08. The van der Waals surface area contributed by atoms with Crippen molar-refractivity contribution in [3.63, 3.8) is 0 Å². The fraction of sp³-hybridized carbons (Fsp3) is 1.00. The van der Waals surface area contributed by atoms with E-state index in [1.807, 2.05) is 0 Å². The van der Waals surface area contributed by atoms with Gasteiger partial charge in [0, 0.05) is 5.41 Å². The molecule has 2 aliphatic carbocycles. The normalized spacial score (nSPS) is 56.6. The van der Waals surface area contributed by atoms with Crippen LogP contribution in [0.25, 0.3) is 0 Å². The van der Waals surface area contributed by atoms with Crippen molar-refractivity contribution < 1.29 is 9.84 Å². The van der Waals surface area contributed by atoms with Gasteiger partial charge in [-0.1, -0.05) is 20.3 Å². The van der Waals surface area contributed by atoms with Crippen LogP contribution >= 0.6 is 0 Å². The Kier molecular flexibility index (Phi) is 2.17. The highest BCUT2D eigenvalue weighted by Gasteiger charge is 2.71. The molecule has 0 amide bonds. The van der Waals surface area contributed by atoms with E-state index in [0.29, 0.717) is 5.92 Å². The molecule has 1 spiro atoms. The average Bonchev–Trinajstić information content (AvgIpc) is 2.73. The second-order valence-electron chi connectivity index (χ2n) is 7.53. The lowest BCUT2D eigenvalue weighted by Crippen LogP contribution is -2.58. The van der Waals surface area contributed by atoms with E-state index in [2.05, 4.69) is 27.7 Å². The summed E-state index contributed by atoms with van der Waals surface area (Å²) in [5.74, 6) is 0.610. The summed E-state index contributed by atoms with van der Waals surface area (Å²) in [6, 6.07) is 0. The average molecular weight is 238 g/mol. The topological polar surface area (TPSA) is 32.8 Å². The van der Waals surface area contributed by atoms with Crippen LogP contribution < -0.4 is 0 Å². The third-order valence-electron chi connectivity index (χ3n) is 6.48. The number of ether oxygens (including phenoxy) is 1. The van der Waals surface area contributed by atoms with E-state index in [1.54, 1.807) is 0 Å². The van der Waals surface area contributed by atoms with Crippen LogP contribution in [-0.4, -0.2) is 21.9 Å². The van der Waals surface area contributed by atoms with E-state index in [4.69, 9.17) is 4.74 Å². The summed E-state index contributed by atoms with van der Waals surface area (Å²) in [5, 5.41) is 11.0. The van der Waals surface area contributed by atoms with Crippen molar-refractivity contribution in [1.82, 2.24) is 0 Å². The Morgan fingerprint density at radius 3 is 2.35 bits per heavy atom. The Bertz CT molecular complexity index is 351. The van der Waals surface area contributed by atoms with E-state index < -0.39 is 5.60 Å². The molecule has 2 heteroatoms. The number of fused-ring (bicyclic) bond motifs is 1. The van der Waals surface area contributed by atoms with Gasteiger partial charge in [-0.3, -0.25) is 0 Å². The van der Waals surface area contributed by atoms with Gasteiger partial charge < -0.3 is 9.84 Å². The van der Waals surface area contributed by atoms with Crippen LogP contribution in [0.5, 0.6) is 0 Å². The Morgan fingerprint density at radius 2 is 1.76 bits per heavy atom. The molecule has 3 aliphatic rings. The third kappa shape index (κ3) is 1.34. The molecule has 0 radical (unpaired) electrons. The van der Waals surface area contributed by atoms with Crippen LogP contribution in [0.1, 0.15) is 66.2 Å². The minimum absolute atomic E-state index is 0.0362. The Hall–Kier alpha value is -0.0800. The van der Waals surface area contributed by atoms with Gasteiger partial charge in [0.15, 0.2) is 0 Å². The molecule has 1 aliphatic heterocycles. The zero-order valence-corrected chi connectivity index (χ0v) is 11.7. The van der Waals surface area contributed by atoms with Crippen molar-refractivity contribution in [2.24, 2.45) is 11.3 Å². The zero-order valence-electron chi connectivity index (χ0n) is 11.7. The number of rotatable bonds is 0. The van der Waals surface area contributed by atoms with Gasteiger partial charge >= 0.3 is 0 Å². The highest BCUT2D eigenvalue weighted by atomic mass is 16.6. The smallest absolute Gasteiger partial charge is 0.0981 e. The lowest BCUT2D eigenvalue weighted by molar-refractivity contribution is -0.172. The summed E-state index contributed by atoms with van der Waals surface area (Å²) >= 11 is 0. The molecule has 17 heavy (non-hydrogen) atoms. The summed E-state index contributed by atoms with van der Waals surface area (Å²) < 4.78 is 6.03. The molecule has 1 saturated heterocycles. The summed E-state index contributed by atoms with van der Waals surface area (Å²) in [7, 11) is 0. The molecule has 2 saturated carbocycles. The van der Waals surface area contributed by atoms with Crippen LogP contribution in [0, 0.1) is 11.3 Å². The van der Waals surface area contributed by atoms with E-state index in [-0.39, 0.29) is 16.6 Å². The lowest BCUT2D eigenvalue weighted by Gasteiger charge is -2.57. The quantitative estimate of drug-likeness (QED) is 0.657. The van der Waals surface area contributed by atoms with Gasteiger partial charge in [0.05, 0.1) is 16.8 Å². The molecular formula is C15H26O2. The van der Waals surface area contributed by atoms with Gasteiger partial charge in [-0.25, -0.2) is 0 Å². The molecular weight excluding hydrogens is 212 g/mol. The number of aliphatic hydroxyl groups is 1. The molecule has 3 rings (SSSR count). The van der Waals surface area contributed by atoms with Gasteiger partial charge in [0.1, 0.15) is 0 Å². The molecule has 1 N–H and O–H groups in total. The summed E-state index contributed by atoms with van der Waals surface area (Å²) in [6.45, 7) is 9.02. The molecule has 0 aromatic carbocycles. The molecule has 2 nitrogen and oxygen atoms in total. The minimum atomic E-state index is -0.433. The Morgan fingerprint density at radius 1 is 1.12 bits per heavy atom. The van der Waals surface area contributed by atoms with Gasteiger partial charge in [-0.15, -0.1) is 0 Å². The molecule has 0 unspecified atom stereocenters. The number of hydrogen-bond donors (Lipinski definition) is 1. The van der Waals surface area contributed by atoms with Crippen LogP contribution in [0.15, 0.2) is 0 Å². The molecule has 0 bridgehead atoms. The molecule has 98 valence electrons. The summed E-state index contributed by atoms with van der Waals surface area (Å²) in [6.07, 6.45) is 6.45. The first-order valence-corrected chi connectivity index (χ1v) is 7.17. The lowest BCUT2D eigenvalue weighted by atomic mass is 9.50. The van der Waals surface area contributed by atoms with Gasteiger partial charge in [0.2, 0.25) is 0 Å². The predicted octanol–water partition coefficient (Wildman–Crippen LogP) is 3.28. The standard InChI is InChI=1S/C15H26O2/c1-11-6-5-7-14(16)8-9-15(10-13(11,14)4)12(2,3)17-15/h11,16H,5-10H2,1-4H3/t11-,13+,14+,15-/m0/s1. The van der Waals surface area contributed by atoms with Crippen molar-refractivity contribution in [2.45, 2.75) is 83.0 Å². The third-order valence-corrected chi connectivity index (χ3v) is 6.48. The SMILES string of the molecule is C[C@H]1CCC[C@@]2(O)CC[C@@]3(C[C@]12C)OC3(C)C. The van der Waals surface area contributed by atoms with Gasteiger partial charge in [-0.2, -0.15) is 0 Å². The molecule has 1 heterocycles. The number of epoxide rings is 1. The maximum absolute atomic E-state index is 11.0. The molecule has 3 fully saturated rings. The van der Waals surface area contributed by atoms with E-state index in [1.165, 1.54) is 12.8 Å². The fourth-order valence-electron chi connectivity index (χ4n) is 4.67. The van der Waals surface area contributed by atoms with Crippen LogP contribution in [-0.2, 0) is 4.74 Å². The first-order valence-electron chi connectivity index (χ1n) is 7.17. The summed E-state index contributed by atoms with van der Waals surface area (Å²) in [5.41, 5.74) is -0.275. The highest BCUT2D eigenvalue weighted by molar-refractivity contribution is 5.20. The predicted molar refractivity (Wildman–Crippen MR) is 67.8 cm³/mol. The maximum atomic E-state index is 11.0. The van der Waals surface area contributed by atoms with Crippen molar-refractivity contribution in [3.05, 3.63) is 0 Å². The van der Waals surface area contributed by atoms with Gasteiger partial charge in [0.25, 0.3) is 0 Å². The minimum Gasteiger partial charge on any atom is -0.389 e. The van der Waals surface area contributed by atoms with Crippen molar-refractivity contribution in [1.29, 1.82) is 0 Å². The van der Waals surface area contributed by atoms with Crippen LogP contribution in [0.4, 0.5) is 0 Å². The largest absolute Gasteiger partial charge is 0.389 e. The van der Waals surface area contributed by atoms with Gasteiger partial charge in [-0.05, 0) is 51.9 Å². The van der Waals surface area contributed by atoms with Crippen LogP contribution in [0.3, 0.4) is 0 Å². The maximum Gasteiger partial charge on any atom is 0.0981 e. The first-order chi connectivity index (χ1) is 7.75. The van der Waals surface area contributed by atoms with Crippen molar-refractivity contribution in [2.75, 3.05) is 0 Å². The first kappa shape index (κ1) is 12.0. The number of hydrogen-bond acceptors (Lipinski definition) is 2. The van der Waals surface area contributed by atoms with Crippen molar-refractivity contribution >= 4 is 0 Å². The molecule has 0 aromatic heterocycles. The van der Waals surface area contributed by atoms with E-state index >= 15 is 0 Å². The zero-order chi connectivity index (χ0) is 12.5. The van der Waals surface area contributed by atoms with Crippen molar-refractivity contribution in [3.8, 4) is 0 Å².